The number of amides is 1. The Balaban J connectivity index is 0.00000261. The summed E-state index contributed by atoms with van der Waals surface area (Å²) in [4.78, 5) is 37.1. The molecule has 3 rings (SSSR count). The predicted molar refractivity (Wildman–Crippen MR) is 97.1 cm³/mol. The first-order chi connectivity index (χ1) is 12.4. The molecule has 0 spiro atoms. The van der Waals surface area contributed by atoms with Crippen LogP contribution >= 0.6 is 12.4 Å². The Hall–Kier alpha value is -2.52. The molecule has 2 aromatic rings. The van der Waals surface area contributed by atoms with E-state index in [0.717, 1.165) is 22.8 Å². The van der Waals surface area contributed by atoms with Gasteiger partial charge in [0.2, 0.25) is 5.91 Å². The van der Waals surface area contributed by atoms with Crippen molar-refractivity contribution in [1.29, 1.82) is 0 Å². The Morgan fingerprint density at radius 3 is 2.70 bits per heavy atom. The molecule has 10 heteroatoms. The standard InChI is InChI=1S/C17H18F2N4O3.ClH/c18-12-2-1-10(7-13(12)19)11-3-5-20-8-14(11)21-16(25)9-23-6-4-15(24)22-17(23)26;/h1-2,4,6-7,11,14,20H,3,5,8-9H2,(H,21,25)(H,22,24,26);1H. The van der Waals surface area contributed by atoms with E-state index in [1.165, 1.54) is 12.3 Å². The summed E-state index contributed by atoms with van der Waals surface area (Å²) in [6.07, 6.45) is 1.89. The number of nitrogens with one attached hydrogen (secondary N) is 3. The van der Waals surface area contributed by atoms with Crippen LogP contribution in [0, 0.1) is 11.6 Å². The van der Waals surface area contributed by atoms with Gasteiger partial charge in [0.05, 0.1) is 0 Å². The number of carbonyl (C=O) groups excluding carboxylic acids is 1. The molecule has 2 atom stereocenters. The van der Waals surface area contributed by atoms with Crippen LogP contribution in [0.4, 0.5) is 8.78 Å². The molecule has 0 bridgehead atoms. The molecular weight excluding hydrogens is 382 g/mol. The zero-order valence-electron chi connectivity index (χ0n) is 14.2. The van der Waals surface area contributed by atoms with Gasteiger partial charge >= 0.3 is 5.69 Å². The topological polar surface area (TPSA) is 96.0 Å². The van der Waals surface area contributed by atoms with Crippen molar-refractivity contribution in [3.63, 3.8) is 0 Å². The van der Waals surface area contributed by atoms with Crippen LogP contribution in [-0.2, 0) is 11.3 Å². The van der Waals surface area contributed by atoms with Crippen LogP contribution in [0.5, 0.6) is 0 Å². The highest BCUT2D eigenvalue weighted by atomic mass is 35.5. The number of piperidine rings is 1. The highest BCUT2D eigenvalue weighted by Crippen LogP contribution is 2.27. The van der Waals surface area contributed by atoms with Crippen LogP contribution in [0.2, 0.25) is 0 Å². The van der Waals surface area contributed by atoms with E-state index in [4.69, 9.17) is 0 Å². The summed E-state index contributed by atoms with van der Waals surface area (Å²) in [5, 5.41) is 5.97. The van der Waals surface area contributed by atoms with Gasteiger partial charge in [-0.3, -0.25) is 19.1 Å². The van der Waals surface area contributed by atoms with Gasteiger partial charge in [-0.15, -0.1) is 12.4 Å². The minimum atomic E-state index is -0.925. The van der Waals surface area contributed by atoms with E-state index in [0.29, 0.717) is 25.1 Å². The number of nitrogens with zero attached hydrogens (tertiary/aromatic N) is 1. The Morgan fingerprint density at radius 1 is 1.22 bits per heavy atom. The van der Waals surface area contributed by atoms with E-state index in [-0.39, 0.29) is 30.9 Å². The van der Waals surface area contributed by atoms with Gasteiger partial charge in [0.1, 0.15) is 6.54 Å². The average Bonchev–Trinajstić information content (AvgIpc) is 2.60. The predicted octanol–water partition coefficient (Wildman–Crippen LogP) is 0.498. The van der Waals surface area contributed by atoms with Gasteiger partial charge in [-0.1, -0.05) is 6.07 Å². The molecule has 1 aliphatic heterocycles. The number of benzene rings is 1. The maximum atomic E-state index is 13.5. The molecule has 0 saturated carbocycles. The number of H-pyrrole nitrogens is 1. The summed E-state index contributed by atoms with van der Waals surface area (Å²) in [7, 11) is 0. The summed E-state index contributed by atoms with van der Waals surface area (Å²) in [5.74, 6) is -2.44. The lowest BCUT2D eigenvalue weighted by molar-refractivity contribution is -0.122. The van der Waals surface area contributed by atoms with Gasteiger partial charge in [0.25, 0.3) is 5.56 Å². The van der Waals surface area contributed by atoms with Crippen LogP contribution in [-0.4, -0.2) is 34.6 Å². The molecule has 1 amide bonds. The van der Waals surface area contributed by atoms with Crippen LogP contribution in [0.25, 0.3) is 0 Å². The molecule has 1 fully saturated rings. The summed E-state index contributed by atoms with van der Waals surface area (Å²) in [6.45, 7) is 0.905. The minimum absolute atomic E-state index is 0. The molecule has 2 heterocycles. The van der Waals surface area contributed by atoms with Crippen molar-refractivity contribution in [3.8, 4) is 0 Å². The van der Waals surface area contributed by atoms with E-state index in [1.54, 1.807) is 0 Å². The van der Waals surface area contributed by atoms with E-state index < -0.39 is 28.8 Å². The number of hydrogen-bond donors (Lipinski definition) is 3. The average molecular weight is 401 g/mol. The first-order valence-electron chi connectivity index (χ1n) is 8.19. The summed E-state index contributed by atoms with van der Waals surface area (Å²) >= 11 is 0. The molecule has 146 valence electrons. The number of aromatic nitrogens is 2. The van der Waals surface area contributed by atoms with Crippen LogP contribution in [0.3, 0.4) is 0 Å². The summed E-state index contributed by atoms with van der Waals surface area (Å²) in [5.41, 5.74) is -0.606. The lowest BCUT2D eigenvalue weighted by atomic mass is 9.86. The highest BCUT2D eigenvalue weighted by Gasteiger charge is 2.28. The number of hydrogen-bond acceptors (Lipinski definition) is 4. The molecule has 27 heavy (non-hydrogen) atoms. The second-order valence-electron chi connectivity index (χ2n) is 6.18. The van der Waals surface area contributed by atoms with Crippen molar-refractivity contribution >= 4 is 18.3 Å². The molecule has 1 aromatic heterocycles. The summed E-state index contributed by atoms with van der Waals surface area (Å²) in [6, 6.07) is 4.56. The smallest absolute Gasteiger partial charge is 0.328 e. The molecule has 2 unspecified atom stereocenters. The second kappa shape index (κ2) is 8.92. The number of aromatic amines is 1. The monoisotopic (exact) mass is 400 g/mol. The lowest BCUT2D eigenvalue weighted by Crippen LogP contribution is -2.51. The molecule has 1 aromatic carbocycles. The fourth-order valence-electron chi connectivity index (χ4n) is 3.13. The van der Waals surface area contributed by atoms with E-state index in [2.05, 4.69) is 15.6 Å². The highest BCUT2D eigenvalue weighted by molar-refractivity contribution is 5.85. The first kappa shape index (κ1) is 20.8. The van der Waals surface area contributed by atoms with E-state index in [1.807, 2.05) is 0 Å². The minimum Gasteiger partial charge on any atom is -0.350 e. The van der Waals surface area contributed by atoms with Crippen molar-refractivity contribution in [2.75, 3.05) is 13.1 Å². The van der Waals surface area contributed by atoms with Gasteiger partial charge < -0.3 is 10.6 Å². The normalized spacial score (nSPS) is 19.2. The van der Waals surface area contributed by atoms with E-state index >= 15 is 0 Å². The van der Waals surface area contributed by atoms with E-state index in [9.17, 15) is 23.2 Å². The fraction of sp³-hybridized carbons (Fsp3) is 0.353. The number of rotatable bonds is 4. The van der Waals surface area contributed by atoms with Crippen LogP contribution < -0.4 is 21.9 Å². The van der Waals surface area contributed by atoms with Crippen LogP contribution in [0.1, 0.15) is 17.9 Å². The van der Waals surface area contributed by atoms with Gasteiger partial charge in [-0.2, -0.15) is 0 Å². The van der Waals surface area contributed by atoms with Crippen molar-refractivity contribution in [1.82, 2.24) is 20.2 Å². The first-order valence-corrected chi connectivity index (χ1v) is 8.19. The van der Waals surface area contributed by atoms with Gasteiger partial charge in [-0.25, -0.2) is 13.6 Å². The van der Waals surface area contributed by atoms with Crippen molar-refractivity contribution < 1.29 is 13.6 Å². The zero-order chi connectivity index (χ0) is 18.7. The molecule has 3 N–H and O–H groups in total. The number of halogens is 3. The molecular formula is C17H19ClF2N4O3. The molecule has 0 aliphatic carbocycles. The SMILES string of the molecule is Cl.O=C(Cn1ccc(=O)[nH]c1=O)NC1CNCCC1c1ccc(F)c(F)c1. The quantitative estimate of drug-likeness (QED) is 0.696. The zero-order valence-corrected chi connectivity index (χ0v) is 15.0. The lowest BCUT2D eigenvalue weighted by Gasteiger charge is -2.33. The van der Waals surface area contributed by atoms with Gasteiger partial charge in [-0.05, 0) is 30.7 Å². The maximum absolute atomic E-state index is 13.5. The summed E-state index contributed by atoms with van der Waals surface area (Å²) < 4.78 is 27.8. The largest absolute Gasteiger partial charge is 0.350 e. The molecule has 1 saturated heterocycles. The number of carbonyl (C=O) groups is 1. The van der Waals surface area contributed by atoms with Crippen LogP contribution in [0.15, 0.2) is 40.1 Å². The van der Waals surface area contributed by atoms with Gasteiger partial charge in [0.15, 0.2) is 11.6 Å². The van der Waals surface area contributed by atoms with Crippen molar-refractivity contribution in [2.45, 2.75) is 24.9 Å². The maximum Gasteiger partial charge on any atom is 0.328 e. The van der Waals surface area contributed by atoms with Crippen molar-refractivity contribution in [3.05, 3.63) is 68.5 Å². The molecule has 7 nitrogen and oxygen atoms in total. The third-order valence-electron chi connectivity index (χ3n) is 4.41. The Labute approximate surface area is 159 Å². The Kier molecular flexibility index (Phi) is 6.86. The fourth-order valence-corrected chi connectivity index (χ4v) is 3.13. The molecule has 1 aliphatic rings. The second-order valence-corrected chi connectivity index (χ2v) is 6.18. The van der Waals surface area contributed by atoms with Crippen molar-refractivity contribution in [2.24, 2.45) is 0 Å². The Morgan fingerprint density at radius 2 is 2.00 bits per heavy atom. The van der Waals surface area contributed by atoms with Gasteiger partial charge in [0, 0.05) is 30.8 Å². The Bertz CT molecular complexity index is 931. The third kappa shape index (κ3) is 5.01. The third-order valence-corrected chi connectivity index (χ3v) is 4.41. The molecule has 0 radical (unpaired) electrons.